The zero-order valence-corrected chi connectivity index (χ0v) is 12.2. The lowest BCUT2D eigenvalue weighted by molar-refractivity contribution is -0.126. The highest BCUT2D eigenvalue weighted by atomic mass is 19.1. The molecular weight excluding hydrogens is 271 g/mol. The molecule has 1 amide bonds. The van der Waals surface area contributed by atoms with Crippen LogP contribution in [0.25, 0.3) is 0 Å². The minimum atomic E-state index is -0.817. The molecule has 1 aromatic carbocycles. The van der Waals surface area contributed by atoms with Crippen LogP contribution in [-0.4, -0.2) is 24.1 Å². The zero-order chi connectivity index (χ0) is 15.0. The number of hydrogen-bond acceptors (Lipinski definition) is 3. The Bertz CT molecular complexity index is 555. The number of ether oxygens (including phenoxy) is 1. The van der Waals surface area contributed by atoms with Crippen LogP contribution in [0.4, 0.5) is 4.39 Å². The quantitative estimate of drug-likeness (QED) is 0.806. The molecule has 0 aliphatic heterocycles. The molecule has 0 spiro atoms. The molecule has 0 saturated heterocycles. The summed E-state index contributed by atoms with van der Waals surface area (Å²) < 4.78 is 19.3. The van der Waals surface area contributed by atoms with Crippen LogP contribution in [0.1, 0.15) is 31.2 Å². The maximum absolute atomic E-state index is 13.6. The third-order valence-corrected chi connectivity index (χ3v) is 4.36. The van der Waals surface area contributed by atoms with E-state index in [1.54, 1.807) is 19.1 Å². The van der Waals surface area contributed by atoms with Gasteiger partial charge in [0.25, 0.3) is 0 Å². The molecule has 0 bridgehead atoms. The smallest absolute Gasteiger partial charge is 0.241 e. The first kappa shape index (κ1) is 14.3. The van der Waals surface area contributed by atoms with E-state index in [2.05, 4.69) is 5.32 Å². The predicted octanol–water partition coefficient (Wildman–Crippen LogP) is 1.90. The second-order valence-electron chi connectivity index (χ2n) is 6.23. The summed E-state index contributed by atoms with van der Waals surface area (Å²) in [5, 5.41) is 3.37. The van der Waals surface area contributed by atoms with Crippen molar-refractivity contribution in [3.8, 4) is 5.75 Å². The van der Waals surface area contributed by atoms with Crippen LogP contribution >= 0.6 is 0 Å². The number of nitrogens with one attached hydrogen (secondary N) is 1. The van der Waals surface area contributed by atoms with Crippen molar-refractivity contribution in [2.75, 3.05) is 6.61 Å². The van der Waals surface area contributed by atoms with Crippen molar-refractivity contribution in [3.05, 3.63) is 29.6 Å². The van der Waals surface area contributed by atoms with E-state index in [4.69, 9.17) is 10.5 Å². The molecule has 1 atom stereocenters. The summed E-state index contributed by atoms with van der Waals surface area (Å²) in [5.74, 6) is -0.0175. The third kappa shape index (κ3) is 3.02. The number of halogens is 1. The number of amides is 1. The summed E-state index contributed by atoms with van der Waals surface area (Å²) in [4.78, 5) is 12.0. The van der Waals surface area contributed by atoms with Crippen LogP contribution < -0.4 is 15.8 Å². The minimum absolute atomic E-state index is 0.159. The second-order valence-corrected chi connectivity index (χ2v) is 6.23. The standard InChI is InChI=1S/C16H21FN2O2/c1-10-2-7-13(8-14(10)17)21-9-16(15(18)20,11-3-4-11)19-12-5-6-12/h2,7-8,11-12,19H,3-6,9H2,1H3,(H2,18,20). The van der Waals surface area contributed by atoms with Gasteiger partial charge in [0.05, 0.1) is 0 Å². The summed E-state index contributed by atoms with van der Waals surface area (Å²) in [6, 6.07) is 5.10. The number of benzene rings is 1. The Kier molecular flexibility index (Phi) is 3.61. The Labute approximate surface area is 123 Å². The number of rotatable bonds is 7. The summed E-state index contributed by atoms with van der Waals surface area (Å²) in [7, 11) is 0. The molecular formula is C16H21FN2O2. The van der Waals surface area contributed by atoms with Gasteiger partial charge in [0.15, 0.2) is 0 Å². The van der Waals surface area contributed by atoms with Crippen molar-refractivity contribution < 1.29 is 13.9 Å². The second kappa shape index (κ2) is 5.30. The van der Waals surface area contributed by atoms with E-state index in [-0.39, 0.29) is 24.2 Å². The van der Waals surface area contributed by atoms with Crippen LogP contribution in [0.15, 0.2) is 18.2 Å². The first-order valence-corrected chi connectivity index (χ1v) is 7.48. The first-order chi connectivity index (χ1) is 10.0. The maximum atomic E-state index is 13.6. The molecule has 2 saturated carbocycles. The lowest BCUT2D eigenvalue weighted by Crippen LogP contribution is -2.61. The number of aryl methyl sites for hydroxylation is 1. The molecule has 0 heterocycles. The van der Waals surface area contributed by atoms with Crippen LogP contribution in [0, 0.1) is 18.7 Å². The summed E-state index contributed by atoms with van der Waals surface area (Å²) in [6.07, 6.45) is 4.10. The van der Waals surface area contributed by atoms with E-state index in [0.29, 0.717) is 17.4 Å². The molecule has 3 N–H and O–H groups in total. The molecule has 114 valence electrons. The molecule has 2 aliphatic carbocycles. The monoisotopic (exact) mass is 292 g/mol. The molecule has 1 aromatic rings. The zero-order valence-electron chi connectivity index (χ0n) is 12.2. The van der Waals surface area contributed by atoms with Crippen molar-refractivity contribution in [1.82, 2.24) is 5.32 Å². The van der Waals surface area contributed by atoms with Crippen LogP contribution in [0.3, 0.4) is 0 Å². The fourth-order valence-electron chi connectivity index (χ4n) is 2.65. The minimum Gasteiger partial charge on any atom is -0.491 e. The maximum Gasteiger partial charge on any atom is 0.241 e. The normalized spacial score (nSPS) is 20.9. The first-order valence-electron chi connectivity index (χ1n) is 7.48. The van der Waals surface area contributed by atoms with E-state index in [0.717, 1.165) is 25.7 Å². The topological polar surface area (TPSA) is 64.3 Å². The molecule has 0 aromatic heterocycles. The predicted molar refractivity (Wildman–Crippen MR) is 77.4 cm³/mol. The Hall–Kier alpha value is -1.62. The van der Waals surface area contributed by atoms with Crippen molar-refractivity contribution in [3.63, 3.8) is 0 Å². The van der Waals surface area contributed by atoms with Gasteiger partial charge in [-0.05, 0) is 50.2 Å². The molecule has 21 heavy (non-hydrogen) atoms. The highest BCUT2D eigenvalue weighted by Crippen LogP contribution is 2.42. The lowest BCUT2D eigenvalue weighted by Gasteiger charge is -2.32. The van der Waals surface area contributed by atoms with Gasteiger partial charge < -0.3 is 10.5 Å². The van der Waals surface area contributed by atoms with Crippen LogP contribution in [0.5, 0.6) is 5.75 Å². The van der Waals surface area contributed by atoms with E-state index < -0.39 is 5.54 Å². The van der Waals surface area contributed by atoms with Gasteiger partial charge in [0.2, 0.25) is 5.91 Å². The molecule has 2 fully saturated rings. The van der Waals surface area contributed by atoms with Crippen molar-refractivity contribution in [2.24, 2.45) is 11.7 Å². The number of nitrogens with two attached hydrogens (primary N) is 1. The average molecular weight is 292 g/mol. The molecule has 1 unspecified atom stereocenters. The van der Waals surface area contributed by atoms with Gasteiger partial charge >= 0.3 is 0 Å². The van der Waals surface area contributed by atoms with Crippen molar-refractivity contribution in [2.45, 2.75) is 44.2 Å². The van der Waals surface area contributed by atoms with Gasteiger partial charge in [-0.15, -0.1) is 0 Å². The number of primary amides is 1. The summed E-state index contributed by atoms with van der Waals surface area (Å²) >= 11 is 0. The van der Waals surface area contributed by atoms with Gasteiger partial charge in [-0.25, -0.2) is 4.39 Å². The fourth-order valence-corrected chi connectivity index (χ4v) is 2.65. The largest absolute Gasteiger partial charge is 0.491 e. The Balaban J connectivity index is 1.74. The number of carbonyl (C=O) groups excluding carboxylic acids is 1. The highest BCUT2D eigenvalue weighted by molar-refractivity contribution is 5.86. The number of carbonyl (C=O) groups is 1. The van der Waals surface area contributed by atoms with E-state index >= 15 is 0 Å². The average Bonchev–Trinajstić information content (AvgIpc) is 3.31. The lowest BCUT2D eigenvalue weighted by atomic mass is 9.93. The summed E-state index contributed by atoms with van der Waals surface area (Å²) in [6.45, 7) is 1.86. The number of hydrogen-bond donors (Lipinski definition) is 2. The van der Waals surface area contributed by atoms with Gasteiger partial charge in [-0.2, -0.15) is 0 Å². The van der Waals surface area contributed by atoms with Crippen LogP contribution in [-0.2, 0) is 4.79 Å². The van der Waals surface area contributed by atoms with Crippen molar-refractivity contribution >= 4 is 5.91 Å². The van der Waals surface area contributed by atoms with E-state index in [1.165, 1.54) is 6.07 Å². The molecule has 4 nitrogen and oxygen atoms in total. The molecule has 2 aliphatic rings. The Morgan fingerprint density at radius 2 is 2.14 bits per heavy atom. The molecule has 0 radical (unpaired) electrons. The van der Waals surface area contributed by atoms with Crippen LogP contribution in [0.2, 0.25) is 0 Å². The van der Waals surface area contributed by atoms with Crippen molar-refractivity contribution in [1.29, 1.82) is 0 Å². The molecule has 3 rings (SSSR count). The van der Waals surface area contributed by atoms with Gasteiger partial charge in [0.1, 0.15) is 23.7 Å². The Morgan fingerprint density at radius 1 is 1.43 bits per heavy atom. The van der Waals surface area contributed by atoms with Gasteiger partial charge in [-0.1, -0.05) is 6.07 Å². The Morgan fingerprint density at radius 3 is 2.67 bits per heavy atom. The van der Waals surface area contributed by atoms with E-state index in [9.17, 15) is 9.18 Å². The van der Waals surface area contributed by atoms with Gasteiger partial charge in [0, 0.05) is 12.1 Å². The third-order valence-electron chi connectivity index (χ3n) is 4.36. The van der Waals surface area contributed by atoms with E-state index in [1.807, 2.05) is 0 Å². The van der Waals surface area contributed by atoms with Gasteiger partial charge in [-0.3, -0.25) is 10.1 Å². The highest BCUT2D eigenvalue weighted by Gasteiger charge is 2.52. The SMILES string of the molecule is Cc1ccc(OCC(NC2CC2)(C(N)=O)C2CC2)cc1F. The molecule has 5 heteroatoms. The summed E-state index contributed by atoms with van der Waals surface area (Å²) in [5.41, 5.74) is 5.41. The fraction of sp³-hybridized carbons (Fsp3) is 0.562.